The molecule has 1 saturated carbocycles. The van der Waals surface area contributed by atoms with Crippen LogP contribution in [0.2, 0.25) is 0 Å². The summed E-state index contributed by atoms with van der Waals surface area (Å²) in [6.45, 7) is 5.05. The van der Waals surface area contributed by atoms with Gasteiger partial charge in [0.15, 0.2) is 0 Å². The summed E-state index contributed by atoms with van der Waals surface area (Å²) in [6.07, 6.45) is 7.59. The van der Waals surface area contributed by atoms with Crippen molar-refractivity contribution in [1.29, 1.82) is 0 Å². The summed E-state index contributed by atoms with van der Waals surface area (Å²) in [5.41, 5.74) is 0.0562. The maximum absolute atomic E-state index is 13.6. The second-order valence-electron chi connectivity index (χ2n) is 9.99. The van der Waals surface area contributed by atoms with Crippen molar-refractivity contribution in [2.75, 3.05) is 26.7 Å². The van der Waals surface area contributed by atoms with Crippen molar-refractivity contribution >= 4 is 32.8 Å². The molecule has 0 bridgehead atoms. The molecule has 1 aromatic carbocycles. The largest absolute Gasteiger partial charge is 0.466 e. The number of carbonyl (C=O) groups is 2. The number of aromatic nitrogens is 1. The lowest BCUT2D eigenvalue weighted by atomic mass is 9.96. The Morgan fingerprint density at radius 2 is 1.81 bits per heavy atom. The van der Waals surface area contributed by atoms with Gasteiger partial charge in [0.2, 0.25) is 15.5 Å². The fourth-order valence-electron chi connectivity index (χ4n) is 5.54. The minimum atomic E-state index is -3.80. The Bertz CT molecular complexity index is 1330. The number of ether oxygens (including phenoxy) is 1. The van der Waals surface area contributed by atoms with Crippen LogP contribution in [0, 0.1) is 5.92 Å². The van der Waals surface area contributed by atoms with Crippen LogP contribution in [-0.4, -0.2) is 66.9 Å². The summed E-state index contributed by atoms with van der Waals surface area (Å²) < 4.78 is 35.3. The zero-order chi connectivity index (χ0) is 26.7. The second-order valence-corrected chi connectivity index (χ2v) is 12.0. The molecule has 0 unspecified atom stereocenters. The Hall–Kier alpha value is -2.72. The number of nitrogens with zero attached hydrogens (tertiary/aromatic N) is 3. The lowest BCUT2D eigenvalue weighted by Gasteiger charge is -2.31. The van der Waals surface area contributed by atoms with E-state index in [1.807, 2.05) is 6.92 Å². The molecule has 0 spiro atoms. The quantitative estimate of drug-likeness (QED) is 0.507. The van der Waals surface area contributed by atoms with E-state index in [2.05, 4.69) is 0 Å². The number of pyridine rings is 1. The number of hydrogen-bond acceptors (Lipinski definition) is 6. The second kappa shape index (κ2) is 11.3. The van der Waals surface area contributed by atoms with Gasteiger partial charge in [0.05, 0.1) is 22.9 Å². The first kappa shape index (κ1) is 27.3. The van der Waals surface area contributed by atoms with E-state index < -0.39 is 27.3 Å². The minimum Gasteiger partial charge on any atom is -0.466 e. The molecule has 2 aliphatic rings. The van der Waals surface area contributed by atoms with E-state index in [1.165, 1.54) is 15.3 Å². The van der Waals surface area contributed by atoms with E-state index in [0.29, 0.717) is 31.4 Å². The number of amides is 1. The molecule has 1 aliphatic carbocycles. The number of likely N-dealkylation sites (tertiary alicyclic amines) is 1. The van der Waals surface area contributed by atoms with Crippen LogP contribution in [0.4, 0.5) is 0 Å². The van der Waals surface area contributed by atoms with Crippen LogP contribution in [0.5, 0.6) is 0 Å². The number of sulfonamides is 1. The molecule has 1 aliphatic heterocycles. The lowest BCUT2D eigenvalue weighted by molar-refractivity contribution is -0.149. The molecule has 1 amide bonds. The highest BCUT2D eigenvalue weighted by Gasteiger charge is 2.32. The predicted molar refractivity (Wildman–Crippen MR) is 141 cm³/mol. The van der Waals surface area contributed by atoms with Crippen LogP contribution in [-0.2, 0) is 26.1 Å². The Labute approximate surface area is 218 Å². The molecular weight excluding hydrogens is 494 g/mol. The molecule has 0 radical (unpaired) electrons. The molecule has 1 atom stereocenters. The topological polar surface area (TPSA) is 106 Å². The molecule has 4 rings (SSSR count). The van der Waals surface area contributed by atoms with Crippen molar-refractivity contribution in [3.63, 3.8) is 0 Å². The Balaban J connectivity index is 1.70. The number of aryl methyl sites for hydroxylation is 1. The number of hydrogen-bond donors (Lipinski definition) is 0. The molecule has 10 heteroatoms. The number of esters is 1. The fourth-order valence-corrected chi connectivity index (χ4v) is 6.99. The molecule has 0 N–H and O–H groups in total. The van der Waals surface area contributed by atoms with Gasteiger partial charge in [-0.3, -0.25) is 14.4 Å². The maximum Gasteiger partial charge on any atom is 0.310 e. The van der Waals surface area contributed by atoms with E-state index in [9.17, 15) is 22.8 Å². The summed E-state index contributed by atoms with van der Waals surface area (Å²) in [4.78, 5) is 40.9. The average Bonchev–Trinajstić information content (AvgIpc) is 2.93. The predicted octanol–water partition coefficient (Wildman–Crippen LogP) is 3.39. The fraction of sp³-hybridized carbons (Fsp3) is 0.593. The molecule has 9 nitrogen and oxygen atoms in total. The highest BCUT2D eigenvalue weighted by Crippen LogP contribution is 2.28. The first-order chi connectivity index (χ1) is 17.7. The Morgan fingerprint density at radius 3 is 2.49 bits per heavy atom. The van der Waals surface area contributed by atoms with Crippen molar-refractivity contribution in [1.82, 2.24) is 13.8 Å². The number of benzene rings is 1. The normalized spacial score (nSPS) is 19.4. The summed E-state index contributed by atoms with van der Waals surface area (Å²) in [7, 11) is -2.20. The smallest absolute Gasteiger partial charge is 0.310 e. The number of piperidine rings is 1. The number of fused-ring (bicyclic) bond motifs is 1. The lowest BCUT2D eigenvalue weighted by Crippen LogP contribution is -2.44. The van der Waals surface area contributed by atoms with Gasteiger partial charge in [-0.2, -0.15) is 4.31 Å². The Kier molecular flexibility index (Phi) is 8.38. The summed E-state index contributed by atoms with van der Waals surface area (Å²) >= 11 is 0. The van der Waals surface area contributed by atoms with Gasteiger partial charge >= 0.3 is 5.97 Å². The van der Waals surface area contributed by atoms with Crippen LogP contribution in [0.3, 0.4) is 0 Å². The van der Waals surface area contributed by atoms with E-state index >= 15 is 0 Å². The number of carbonyl (C=O) groups excluding carboxylic acids is 2. The summed E-state index contributed by atoms with van der Waals surface area (Å²) in [5.74, 6) is -1.20. The SMILES string of the molecule is CCOC(=O)[C@@H]1CCCN(C(=O)c2cn(CC)c3ccc(S(=O)(=O)N(C)C4CCCCC4)cc3c2=O)C1. The zero-order valence-corrected chi connectivity index (χ0v) is 22.8. The third-order valence-electron chi connectivity index (χ3n) is 7.72. The van der Waals surface area contributed by atoms with Crippen LogP contribution in [0.1, 0.15) is 69.2 Å². The highest BCUT2D eigenvalue weighted by molar-refractivity contribution is 7.89. The Morgan fingerprint density at radius 1 is 1.08 bits per heavy atom. The van der Waals surface area contributed by atoms with Gasteiger partial charge in [-0.15, -0.1) is 0 Å². The van der Waals surface area contributed by atoms with E-state index in [0.717, 1.165) is 32.1 Å². The van der Waals surface area contributed by atoms with Crippen molar-refractivity contribution in [3.8, 4) is 0 Å². The average molecular weight is 532 g/mol. The van der Waals surface area contributed by atoms with Gasteiger partial charge in [0, 0.05) is 44.3 Å². The standard InChI is InChI=1S/C27H37N3O6S/c1-4-29-18-23(26(32)30-15-9-10-19(17-30)27(33)36-5-2)25(31)22-16-21(13-14-24(22)29)37(34,35)28(3)20-11-7-6-8-12-20/h13-14,16,18-20H,4-12,15,17H2,1-3H3/t19-/m1/s1. The molecule has 2 aromatic rings. The first-order valence-corrected chi connectivity index (χ1v) is 14.7. The first-order valence-electron chi connectivity index (χ1n) is 13.3. The highest BCUT2D eigenvalue weighted by atomic mass is 32.2. The van der Waals surface area contributed by atoms with Crippen molar-refractivity contribution in [2.45, 2.75) is 76.3 Å². The molecular formula is C27H37N3O6S. The molecule has 1 aromatic heterocycles. The summed E-state index contributed by atoms with van der Waals surface area (Å²) in [6, 6.07) is 4.54. The number of rotatable bonds is 7. The van der Waals surface area contributed by atoms with Crippen LogP contribution < -0.4 is 5.43 Å². The van der Waals surface area contributed by atoms with Crippen LogP contribution in [0.25, 0.3) is 10.9 Å². The van der Waals surface area contributed by atoms with Gasteiger partial charge < -0.3 is 14.2 Å². The van der Waals surface area contributed by atoms with E-state index in [-0.39, 0.29) is 41.0 Å². The van der Waals surface area contributed by atoms with Crippen LogP contribution >= 0.6 is 0 Å². The maximum atomic E-state index is 13.6. The molecule has 202 valence electrons. The van der Waals surface area contributed by atoms with Crippen molar-refractivity contribution in [2.24, 2.45) is 5.92 Å². The van der Waals surface area contributed by atoms with Crippen LogP contribution in [0.15, 0.2) is 34.1 Å². The van der Waals surface area contributed by atoms with Gasteiger partial charge in [-0.05, 0) is 57.7 Å². The monoisotopic (exact) mass is 531 g/mol. The summed E-state index contributed by atoms with van der Waals surface area (Å²) in [5, 5.41) is 0.199. The zero-order valence-electron chi connectivity index (χ0n) is 21.9. The van der Waals surface area contributed by atoms with Gasteiger partial charge in [0.1, 0.15) is 5.56 Å². The minimum absolute atomic E-state index is 0.0194. The van der Waals surface area contributed by atoms with Crippen molar-refractivity contribution < 1.29 is 22.7 Å². The van der Waals surface area contributed by atoms with E-state index in [4.69, 9.17) is 4.74 Å². The molecule has 2 heterocycles. The van der Waals surface area contributed by atoms with Gasteiger partial charge in [-0.25, -0.2) is 8.42 Å². The van der Waals surface area contributed by atoms with Gasteiger partial charge in [0.25, 0.3) is 5.91 Å². The molecule has 37 heavy (non-hydrogen) atoms. The third kappa shape index (κ3) is 5.45. The van der Waals surface area contributed by atoms with E-state index in [1.54, 1.807) is 36.9 Å². The third-order valence-corrected chi connectivity index (χ3v) is 9.62. The van der Waals surface area contributed by atoms with Crippen molar-refractivity contribution in [3.05, 3.63) is 40.2 Å². The molecule has 1 saturated heterocycles. The molecule has 2 fully saturated rings. The van der Waals surface area contributed by atoms with Gasteiger partial charge in [-0.1, -0.05) is 19.3 Å².